The molecular formula is C18H22FN3O3S. The molecule has 2 aromatic rings. The van der Waals surface area contributed by atoms with E-state index in [0.717, 1.165) is 17.5 Å². The molecular weight excluding hydrogens is 357 g/mol. The fraction of sp³-hybridized carbons (Fsp3) is 0.444. The van der Waals surface area contributed by atoms with Gasteiger partial charge in [0.25, 0.3) is 0 Å². The highest BCUT2D eigenvalue weighted by atomic mass is 32.2. The Balaban J connectivity index is 1.58. The van der Waals surface area contributed by atoms with E-state index >= 15 is 0 Å². The number of benzene rings is 1. The molecule has 1 aliphatic carbocycles. The van der Waals surface area contributed by atoms with E-state index in [1.807, 2.05) is 19.9 Å². The summed E-state index contributed by atoms with van der Waals surface area (Å²) in [5.41, 5.74) is 1.69. The number of ether oxygens (including phenoxy) is 1. The van der Waals surface area contributed by atoms with Crippen molar-refractivity contribution in [2.75, 3.05) is 0 Å². The van der Waals surface area contributed by atoms with E-state index in [9.17, 15) is 12.8 Å². The maximum atomic E-state index is 13.8. The molecule has 0 radical (unpaired) electrons. The molecule has 0 bridgehead atoms. The van der Waals surface area contributed by atoms with Gasteiger partial charge in [0, 0.05) is 17.4 Å². The predicted octanol–water partition coefficient (Wildman–Crippen LogP) is 2.90. The maximum absolute atomic E-state index is 13.8. The summed E-state index contributed by atoms with van der Waals surface area (Å²) >= 11 is 0. The number of sulfonamides is 1. The van der Waals surface area contributed by atoms with Crippen molar-refractivity contribution >= 4 is 10.0 Å². The highest BCUT2D eigenvalue weighted by Crippen LogP contribution is 2.24. The smallest absolute Gasteiger partial charge is 0.317 e. The minimum Gasteiger partial charge on any atom is -0.460 e. The number of aromatic nitrogens is 2. The second-order valence-electron chi connectivity index (χ2n) is 6.58. The third-order valence-electron chi connectivity index (χ3n) is 4.36. The van der Waals surface area contributed by atoms with Crippen LogP contribution in [0.5, 0.6) is 6.01 Å². The van der Waals surface area contributed by atoms with Gasteiger partial charge < -0.3 is 4.74 Å². The molecule has 1 fully saturated rings. The standard InChI is InChI=1S/C18H22FN3O3S/c1-12-11-13(2)21-18(20-12)25-15-9-7-14(8-10-15)22-26(23,24)17-6-4-3-5-16(17)19/h3-6,11,14-15,22H,7-10H2,1-2H3. The minimum atomic E-state index is -3.87. The largest absolute Gasteiger partial charge is 0.460 e. The van der Waals surface area contributed by atoms with Crippen LogP contribution < -0.4 is 9.46 Å². The molecule has 0 amide bonds. The lowest BCUT2D eigenvalue weighted by atomic mass is 9.94. The van der Waals surface area contributed by atoms with E-state index in [1.165, 1.54) is 18.2 Å². The van der Waals surface area contributed by atoms with E-state index in [2.05, 4.69) is 14.7 Å². The first kappa shape index (κ1) is 18.7. The first-order valence-corrected chi connectivity index (χ1v) is 10.1. The number of hydrogen-bond donors (Lipinski definition) is 1. The van der Waals surface area contributed by atoms with Crippen LogP contribution in [0.4, 0.5) is 4.39 Å². The van der Waals surface area contributed by atoms with Crippen molar-refractivity contribution in [3.8, 4) is 6.01 Å². The number of rotatable bonds is 5. The molecule has 1 saturated carbocycles. The van der Waals surface area contributed by atoms with E-state index in [0.29, 0.717) is 31.7 Å². The number of nitrogens with zero attached hydrogens (tertiary/aromatic N) is 2. The zero-order valence-electron chi connectivity index (χ0n) is 14.8. The molecule has 1 heterocycles. The van der Waals surface area contributed by atoms with Crippen molar-refractivity contribution in [1.82, 2.24) is 14.7 Å². The fourth-order valence-corrected chi connectivity index (χ4v) is 4.52. The van der Waals surface area contributed by atoms with Crippen LogP contribution >= 0.6 is 0 Å². The van der Waals surface area contributed by atoms with E-state index in [-0.39, 0.29) is 17.0 Å². The topological polar surface area (TPSA) is 81.2 Å². The van der Waals surface area contributed by atoms with Crippen LogP contribution in [0.1, 0.15) is 37.1 Å². The molecule has 1 N–H and O–H groups in total. The van der Waals surface area contributed by atoms with E-state index < -0.39 is 15.8 Å². The molecule has 0 spiro atoms. The Morgan fingerprint density at radius 1 is 1.08 bits per heavy atom. The van der Waals surface area contributed by atoms with Gasteiger partial charge in [0.1, 0.15) is 16.8 Å². The van der Waals surface area contributed by atoms with Gasteiger partial charge in [0.05, 0.1) is 0 Å². The minimum absolute atomic E-state index is 0.0505. The highest BCUT2D eigenvalue weighted by molar-refractivity contribution is 7.89. The maximum Gasteiger partial charge on any atom is 0.317 e. The van der Waals surface area contributed by atoms with Crippen LogP contribution in [0, 0.1) is 19.7 Å². The van der Waals surface area contributed by atoms with Gasteiger partial charge in [-0.05, 0) is 57.7 Å². The number of hydrogen-bond acceptors (Lipinski definition) is 5. The summed E-state index contributed by atoms with van der Waals surface area (Å²) in [6.07, 6.45) is 2.54. The highest BCUT2D eigenvalue weighted by Gasteiger charge is 2.28. The predicted molar refractivity (Wildman–Crippen MR) is 94.9 cm³/mol. The summed E-state index contributed by atoms with van der Waals surface area (Å²) in [5, 5.41) is 0. The van der Waals surface area contributed by atoms with Crippen molar-refractivity contribution in [3.63, 3.8) is 0 Å². The quantitative estimate of drug-likeness (QED) is 0.864. The summed E-state index contributed by atoms with van der Waals surface area (Å²) in [6.45, 7) is 3.77. The monoisotopic (exact) mass is 379 g/mol. The van der Waals surface area contributed by atoms with Gasteiger partial charge in [-0.15, -0.1) is 0 Å². The zero-order valence-corrected chi connectivity index (χ0v) is 15.6. The Bertz CT molecular complexity index is 861. The second kappa shape index (κ2) is 7.67. The molecule has 0 saturated heterocycles. The van der Waals surface area contributed by atoms with E-state index in [1.54, 1.807) is 0 Å². The van der Waals surface area contributed by atoms with Gasteiger partial charge in [-0.3, -0.25) is 0 Å². The molecule has 3 rings (SSSR count). The molecule has 1 aromatic heterocycles. The van der Waals surface area contributed by atoms with Gasteiger partial charge in [-0.2, -0.15) is 0 Å². The van der Waals surface area contributed by atoms with E-state index in [4.69, 9.17) is 4.74 Å². The molecule has 6 nitrogen and oxygen atoms in total. The third kappa shape index (κ3) is 4.56. The molecule has 0 aliphatic heterocycles. The SMILES string of the molecule is Cc1cc(C)nc(OC2CCC(NS(=O)(=O)c3ccccc3F)CC2)n1. The number of nitrogens with one attached hydrogen (secondary N) is 1. The summed E-state index contributed by atoms with van der Waals surface area (Å²) in [6, 6.07) is 7.38. The van der Waals surface area contributed by atoms with Crippen LogP contribution in [0.2, 0.25) is 0 Å². The molecule has 140 valence electrons. The summed E-state index contributed by atoms with van der Waals surface area (Å²) in [5.74, 6) is -0.746. The molecule has 0 unspecified atom stereocenters. The lowest BCUT2D eigenvalue weighted by Crippen LogP contribution is -2.40. The van der Waals surface area contributed by atoms with Crippen LogP contribution in [0.15, 0.2) is 35.2 Å². The third-order valence-corrected chi connectivity index (χ3v) is 5.91. The van der Waals surface area contributed by atoms with Crippen LogP contribution in [-0.4, -0.2) is 30.5 Å². The van der Waals surface area contributed by atoms with Crippen LogP contribution in [0.25, 0.3) is 0 Å². The van der Waals surface area contributed by atoms with Gasteiger partial charge in [-0.1, -0.05) is 12.1 Å². The Hall–Kier alpha value is -2.06. The summed E-state index contributed by atoms with van der Waals surface area (Å²) in [7, 11) is -3.87. The molecule has 26 heavy (non-hydrogen) atoms. The Morgan fingerprint density at radius 2 is 1.69 bits per heavy atom. The van der Waals surface area contributed by atoms with Crippen molar-refractivity contribution in [3.05, 3.63) is 47.5 Å². The fourth-order valence-electron chi connectivity index (χ4n) is 3.14. The van der Waals surface area contributed by atoms with Gasteiger partial charge in [0.15, 0.2) is 0 Å². The zero-order chi connectivity index (χ0) is 18.7. The molecule has 0 atom stereocenters. The Morgan fingerprint density at radius 3 is 2.31 bits per heavy atom. The first-order chi connectivity index (χ1) is 12.3. The second-order valence-corrected chi connectivity index (χ2v) is 8.26. The van der Waals surface area contributed by atoms with Gasteiger partial charge in [0.2, 0.25) is 10.0 Å². The van der Waals surface area contributed by atoms with Crippen molar-refractivity contribution in [1.29, 1.82) is 0 Å². The first-order valence-electron chi connectivity index (χ1n) is 8.59. The normalized spacial score (nSPS) is 20.7. The Kier molecular flexibility index (Phi) is 5.52. The van der Waals surface area contributed by atoms with Crippen molar-refractivity contribution in [2.45, 2.75) is 56.6 Å². The van der Waals surface area contributed by atoms with Crippen molar-refractivity contribution in [2.24, 2.45) is 0 Å². The van der Waals surface area contributed by atoms with Crippen LogP contribution in [0.3, 0.4) is 0 Å². The van der Waals surface area contributed by atoms with Crippen molar-refractivity contribution < 1.29 is 17.5 Å². The number of aryl methyl sites for hydroxylation is 2. The summed E-state index contributed by atoms with van der Waals surface area (Å²) in [4.78, 5) is 8.22. The van der Waals surface area contributed by atoms with Gasteiger partial charge >= 0.3 is 6.01 Å². The summed E-state index contributed by atoms with van der Waals surface area (Å²) < 4.78 is 46.9. The molecule has 1 aromatic carbocycles. The molecule has 1 aliphatic rings. The lowest BCUT2D eigenvalue weighted by Gasteiger charge is -2.28. The van der Waals surface area contributed by atoms with Gasteiger partial charge in [-0.25, -0.2) is 27.5 Å². The lowest BCUT2D eigenvalue weighted by molar-refractivity contribution is 0.131. The molecule has 8 heteroatoms. The Labute approximate surface area is 152 Å². The average molecular weight is 379 g/mol. The number of halogens is 1. The van der Waals surface area contributed by atoms with Crippen LogP contribution in [-0.2, 0) is 10.0 Å². The average Bonchev–Trinajstić information content (AvgIpc) is 2.56.